The van der Waals surface area contributed by atoms with Gasteiger partial charge in [0, 0.05) is 37.3 Å². The SMILES string of the molecule is O=C(c1cnc[nH]c1=O)N1CCCC(c2[nH]ncc2Cc2ccccc2)C1. The average molecular weight is 363 g/mol. The molecule has 0 aliphatic carbocycles. The van der Waals surface area contributed by atoms with E-state index in [1.54, 1.807) is 4.90 Å². The molecule has 0 spiro atoms. The minimum Gasteiger partial charge on any atom is -0.338 e. The number of benzene rings is 1. The molecule has 1 unspecified atom stereocenters. The van der Waals surface area contributed by atoms with Crippen molar-refractivity contribution in [3.05, 3.63) is 81.8 Å². The van der Waals surface area contributed by atoms with Gasteiger partial charge in [0.1, 0.15) is 5.56 Å². The van der Waals surface area contributed by atoms with E-state index in [9.17, 15) is 9.59 Å². The third-order valence-electron chi connectivity index (χ3n) is 5.05. The lowest BCUT2D eigenvalue weighted by atomic mass is 9.90. The van der Waals surface area contributed by atoms with Gasteiger partial charge in [-0.3, -0.25) is 14.7 Å². The number of likely N-dealkylation sites (tertiary alicyclic amines) is 1. The molecular formula is C20H21N5O2. The molecule has 3 aromatic rings. The Balaban J connectivity index is 1.52. The van der Waals surface area contributed by atoms with Gasteiger partial charge in [-0.15, -0.1) is 0 Å². The van der Waals surface area contributed by atoms with Crippen molar-refractivity contribution >= 4 is 5.91 Å². The van der Waals surface area contributed by atoms with E-state index in [-0.39, 0.29) is 17.4 Å². The molecule has 0 saturated carbocycles. The van der Waals surface area contributed by atoms with Crippen LogP contribution in [0.3, 0.4) is 0 Å². The van der Waals surface area contributed by atoms with Crippen LogP contribution in [0.25, 0.3) is 0 Å². The van der Waals surface area contributed by atoms with E-state index in [4.69, 9.17) is 0 Å². The number of carbonyl (C=O) groups excluding carboxylic acids is 1. The van der Waals surface area contributed by atoms with Crippen LogP contribution in [0, 0.1) is 0 Å². The van der Waals surface area contributed by atoms with Crippen LogP contribution in [0.15, 0.2) is 53.8 Å². The van der Waals surface area contributed by atoms with E-state index in [1.807, 2.05) is 24.4 Å². The summed E-state index contributed by atoms with van der Waals surface area (Å²) in [6, 6.07) is 10.3. The molecule has 7 heteroatoms. The second-order valence-electron chi connectivity index (χ2n) is 6.86. The van der Waals surface area contributed by atoms with Crippen LogP contribution in [0.4, 0.5) is 0 Å². The zero-order valence-electron chi connectivity index (χ0n) is 14.9. The first kappa shape index (κ1) is 17.2. The Morgan fingerprint density at radius 3 is 2.89 bits per heavy atom. The molecule has 3 heterocycles. The van der Waals surface area contributed by atoms with Gasteiger partial charge in [0.2, 0.25) is 0 Å². The maximum absolute atomic E-state index is 12.8. The second kappa shape index (κ2) is 7.57. The van der Waals surface area contributed by atoms with Gasteiger partial charge in [0.15, 0.2) is 0 Å². The Bertz CT molecular complexity index is 979. The topological polar surface area (TPSA) is 94.7 Å². The number of nitrogens with zero attached hydrogens (tertiary/aromatic N) is 3. The van der Waals surface area contributed by atoms with Crippen LogP contribution in [0.1, 0.15) is 45.9 Å². The molecule has 27 heavy (non-hydrogen) atoms. The normalized spacial score (nSPS) is 17.0. The maximum Gasteiger partial charge on any atom is 0.263 e. The highest BCUT2D eigenvalue weighted by molar-refractivity contribution is 5.93. The zero-order valence-corrected chi connectivity index (χ0v) is 14.9. The Morgan fingerprint density at radius 1 is 1.22 bits per heavy atom. The van der Waals surface area contributed by atoms with E-state index in [2.05, 4.69) is 32.3 Å². The number of amides is 1. The minimum atomic E-state index is -0.400. The highest BCUT2D eigenvalue weighted by Gasteiger charge is 2.29. The summed E-state index contributed by atoms with van der Waals surface area (Å²) < 4.78 is 0. The van der Waals surface area contributed by atoms with Crippen molar-refractivity contribution in [1.82, 2.24) is 25.1 Å². The second-order valence-corrected chi connectivity index (χ2v) is 6.86. The largest absolute Gasteiger partial charge is 0.338 e. The molecule has 4 rings (SSSR count). The Morgan fingerprint density at radius 2 is 2.07 bits per heavy atom. The number of rotatable bonds is 4. The molecule has 138 valence electrons. The molecule has 1 amide bonds. The van der Waals surface area contributed by atoms with Crippen molar-refractivity contribution < 1.29 is 4.79 Å². The number of nitrogens with one attached hydrogen (secondary N) is 2. The highest BCUT2D eigenvalue weighted by atomic mass is 16.2. The summed E-state index contributed by atoms with van der Waals surface area (Å²) in [5.74, 6) is -0.0853. The Hall–Kier alpha value is -3.22. The summed E-state index contributed by atoms with van der Waals surface area (Å²) in [5, 5.41) is 7.38. The molecular weight excluding hydrogens is 342 g/mol. The van der Waals surface area contributed by atoms with Crippen LogP contribution < -0.4 is 5.56 Å². The van der Waals surface area contributed by atoms with Crippen molar-refractivity contribution in [3.63, 3.8) is 0 Å². The molecule has 0 bridgehead atoms. The van der Waals surface area contributed by atoms with Crippen molar-refractivity contribution in [3.8, 4) is 0 Å². The lowest BCUT2D eigenvalue weighted by molar-refractivity contribution is 0.0703. The van der Waals surface area contributed by atoms with E-state index >= 15 is 0 Å². The molecule has 1 aliphatic heterocycles. The highest BCUT2D eigenvalue weighted by Crippen LogP contribution is 2.29. The number of aromatic amines is 2. The van der Waals surface area contributed by atoms with Crippen LogP contribution in [-0.2, 0) is 6.42 Å². The predicted molar refractivity (Wildman–Crippen MR) is 101 cm³/mol. The summed E-state index contributed by atoms with van der Waals surface area (Å²) in [5.41, 5.74) is 3.15. The predicted octanol–water partition coefficient (Wildman–Crippen LogP) is 2.10. The molecule has 7 nitrogen and oxygen atoms in total. The molecule has 1 atom stereocenters. The molecule has 0 radical (unpaired) electrons. The lowest BCUT2D eigenvalue weighted by Gasteiger charge is -2.32. The number of H-pyrrole nitrogens is 2. The molecule has 2 aromatic heterocycles. The van der Waals surface area contributed by atoms with Crippen LogP contribution >= 0.6 is 0 Å². The zero-order chi connectivity index (χ0) is 18.6. The van der Waals surface area contributed by atoms with Crippen molar-refractivity contribution in [2.24, 2.45) is 0 Å². The number of hydrogen-bond donors (Lipinski definition) is 2. The first-order valence-electron chi connectivity index (χ1n) is 9.10. The van der Waals surface area contributed by atoms with Gasteiger partial charge in [-0.05, 0) is 24.0 Å². The van der Waals surface area contributed by atoms with Gasteiger partial charge >= 0.3 is 0 Å². The lowest BCUT2D eigenvalue weighted by Crippen LogP contribution is -2.41. The van der Waals surface area contributed by atoms with Crippen LogP contribution in [0.5, 0.6) is 0 Å². The molecule has 1 aromatic carbocycles. The first-order valence-corrected chi connectivity index (χ1v) is 9.10. The van der Waals surface area contributed by atoms with Gasteiger partial charge in [-0.2, -0.15) is 5.10 Å². The average Bonchev–Trinajstić information content (AvgIpc) is 3.17. The van der Waals surface area contributed by atoms with Crippen LogP contribution in [0.2, 0.25) is 0 Å². The third-order valence-corrected chi connectivity index (χ3v) is 5.05. The summed E-state index contributed by atoms with van der Waals surface area (Å²) in [6.45, 7) is 1.21. The van der Waals surface area contributed by atoms with Gasteiger partial charge in [0.05, 0.1) is 12.5 Å². The van der Waals surface area contributed by atoms with Gasteiger partial charge in [0.25, 0.3) is 11.5 Å². The summed E-state index contributed by atoms with van der Waals surface area (Å²) >= 11 is 0. The van der Waals surface area contributed by atoms with Crippen molar-refractivity contribution in [2.45, 2.75) is 25.2 Å². The Kier molecular flexibility index (Phi) is 4.82. The van der Waals surface area contributed by atoms with Gasteiger partial charge in [-0.25, -0.2) is 4.98 Å². The monoisotopic (exact) mass is 363 g/mol. The van der Waals surface area contributed by atoms with Crippen LogP contribution in [-0.4, -0.2) is 44.1 Å². The van der Waals surface area contributed by atoms with E-state index < -0.39 is 5.56 Å². The van der Waals surface area contributed by atoms with Crippen molar-refractivity contribution in [2.75, 3.05) is 13.1 Å². The van der Waals surface area contributed by atoms with E-state index in [0.717, 1.165) is 30.5 Å². The third kappa shape index (κ3) is 3.67. The molecule has 1 aliphatic rings. The van der Waals surface area contributed by atoms with Gasteiger partial charge in [-0.1, -0.05) is 30.3 Å². The summed E-state index contributed by atoms with van der Waals surface area (Å²) in [6.07, 6.45) is 7.17. The molecule has 2 N–H and O–H groups in total. The van der Waals surface area contributed by atoms with E-state index in [0.29, 0.717) is 13.1 Å². The summed E-state index contributed by atoms with van der Waals surface area (Å²) in [7, 11) is 0. The van der Waals surface area contributed by atoms with Crippen molar-refractivity contribution in [1.29, 1.82) is 0 Å². The molecule has 1 saturated heterocycles. The fourth-order valence-electron chi connectivity index (χ4n) is 3.70. The number of hydrogen-bond acceptors (Lipinski definition) is 4. The number of piperidine rings is 1. The quantitative estimate of drug-likeness (QED) is 0.742. The number of carbonyl (C=O) groups is 1. The first-order chi connectivity index (χ1) is 13.2. The minimum absolute atomic E-state index is 0.0901. The fraction of sp³-hybridized carbons (Fsp3) is 0.300. The van der Waals surface area contributed by atoms with E-state index in [1.165, 1.54) is 18.1 Å². The van der Waals surface area contributed by atoms with Gasteiger partial charge < -0.3 is 9.88 Å². The molecule has 1 fully saturated rings. The number of aromatic nitrogens is 4. The fourth-order valence-corrected chi connectivity index (χ4v) is 3.70. The summed E-state index contributed by atoms with van der Waals surface area (Å²) in [4.78, 5) is 32.7. The standard InChI is InChI=1S/C20H21N5O2/c26-19-17(11-21-13-22-19)20(27)25-8-4-7-15(12-25)18-16(10-23-24-18)9-14-5-2-1-3-6-14/h1-3,5-6,10-11,13,15H,4,7-9,12H2,(H,23,24)(H,21,22,26). The maximum atomic E-state index is 12.8. The Labute approximate surface area is 156 Å². The smallest absolute Gasteiger partial charge is 0.263 e.